The summed E-state index contributed by atoms with van der Waals surface area (Å²) in [5.74, 6) is 1.65. The summed E-state index contributed by atoms with van der Waals surface area (Å²) < 4.78 is 0. The monoisotopic (exact) mass is 318 g/mol. The summed E-state index contributed by atoms with van der Waals surface area (Å²) in [6.07, 6.45) is 2.39. The minimum Gasteiger partial charge on any atom is -0.368 e. The fourth-order valence-corrected chi connectivity index (χ4v) is 3.85. The van der Waals surface area contributed by atoms with Gasteiger partial charge in [-0.2, -0.15) is 15.0 Å². The van der Waals surface area contributed by atoms with E-state index < -0.39 is 0 Å². The Hall–Kier alpha value is -1.73. The molecule has 1 saturated heterocycles. The number of likely N-dealkylation sites (tertiary alicyclic amines) is 1. The molecule has 2 aromatic heterocycles. The van der Waals surface area contributed by atoms with Crippen LogP contribution in [0.5, 0.6) is 0 Å². The molecule has 0 bridgehead atoms. The third-order valence-electron chi connectivity index (χ3n) is 4.10. The molecule has 0 aromatic carbocycles. The molecule has 2 atom stereocenters. The van der Waals surface area contributed by atoms with Gasteiger partial charge >= 0.3 is 0 Å². The molecule has 0 amide bonds. The van der Waals surface area contributed by atoms with E-state index in [2.05, 4.69) is 44.3 Å². The second kappa shape index (κ2) is 6.18. The molecule has 22 heavy (non-hydrogen) atoms. The number of nitrogens with two attached hydrogens (primary N) is 1. The standard InChI is InChI=1S/C15H22N6S/c1-10(13-17-14(16)19-15(18-13)20(2)3)21-8-4-6-11(21)12-7-5-9-22-12/h5,7,9-11H,4,6,8H2,1-3H3,(H2,16,17,18,19)/t10-,11-/m1/s1. The first-order chi connectivity index (χ1) is 10.6. The highest BCUT2D eigenvalue weighted by Crippen LogP contribution is 2.39. The summed E-state index contributed by atoms with van der Waals surface area (Å²) in [7, 11) is 3.82. The lowest BCUT2D eigenvalue weighted by atomic mass is 10.1. The van der Waals surface area contributed by atoms with E-state index in [1.54, 1.807) is 0 Å². The molecule has 0 spiro atoms. The van der Waals surface area contributed by atoms with Crippen LogP contribution in [0.1, 0.15) is 42.6 Å². The Balaban J connectivity index is 1.88. The van der Waals surface area contributed by atoms with Crippen LogP contribution in [0.15, 0.2) is 17.5 Å². The van der Waals surface area contributed by atoms with Crippen LogP contribution in [0, 0.1) is 0 Å². The summed E-state index contributed by atoms with van der Waals surface area (Å²) in [6.45, 7) is 3.22. The molecular weight excluding hydrogens is 296 g/mol. The average Bonchev–Trinajstić information content (AvgIpc) is 3.16. The molecule has 2 aromatic rings. The molecule has 0 aliphatic carbocycles. The molecule has 1 aliphatic heterocycles. The van der Waals surface area contributed by atoms with Crippen molar-refractivity contribution in [3.63, 3.8) is 0 Å². The van der Waals surface area contributed by atoms with Crippen molar-refractivity contribution in [1.29, 1.82) is 0 Å². The van der Waals surface area contributed by atoms with Crippen molar-refractivity contribution in [2.24, 2.45) is 0 Å². The molecule has 0 unspecified atom stereocenters. The zero-order valence-electron chi connectivity index (χ0n) is 13.2. The molecule has 1 fully saturated rings. The molecule has 1 aliphatic rings. The summed E-state index contributed by atoms with van der Waals surface area (Å²) in [5.41, 5.74) is 5.86. The lowest BCUT2D eigenvalue weighted by Crippen LogP contribution is -2.28. The maximum Gasteiger partial charge on any atom is 0.229 e. The van der Waals surface area contributed by atoms with Gasteiger partial charge in [-0.05, 0) is 37.8 Å². The summed E-state index contributed by atoms with van der Waals surface area (Å²) in [6, 6.07) is 4.91. The summed E-state index contributed by atoms with van der Waals surface area (Å²) in [4.78, 5) is 18.9. The number of rotatable bonds is 4. The Bertz CT molecular complexity index is 627. The first kappa shape index (κ1) is 15.2. The molecule has 7 heteroatoms. The van der Waals surface area contributed by atoms with Crippen molar-refractivity contribution in [2.45, 2.75) is 31.8 Å². The Morgan fingerprint density at radius 2 is 2.18 bits per heavy atom. The van der Waals surface area contributed by atoms with Crippen molar-refractivity contribution >= 4 is 23.2 Å². The Morgan fingerprint density at radius 1 is 1.36 bits per heavy atom. The highest BCUT2D eigenvalue weighted by molar-refractivity contribution is 7.10. The van der Waals surface area contributed by atoms with Crippen LogP contribution in [-0.2, 0) is 0 Å². The highest BCUT2D eigenvalue weighted by Gasteiger charge is 2.32. The van der Waals surface area contributed by atoms with Crippen molar-refractivity contribution in [2.75, 3.05) is 31.3 Å². The van der Waals surface area contributed by atoms with Crippen molar-refractivity contribution in [3.05, 3.63) is 28.2 Å². The van der Waals surface area contributed by atoms with Crippen LogP contribution in [0.25, 0.3) is 0 Å². The van der Waals surface area contributed by atoms with Gasteiger partial charge in [0.15, 0.2) is 5.82 Å². The van der Waals surface area contributed by atoms with Crippen LogP contribution >= 0.6 is 11.3 Å². The number of aromatic nitrogens is 3. The fraction of sp³-hybridized carbons (Fsp3) is 0.533. The van der Waals surface area contributed by atoms with Gasteiger partial charge in [-0.15, -0.1) is 11.3 Å². The number of nitrogen functional groups attached to an aromatic ring is 1. The maximum absolute atomic E-state index is 5.86. The van der Waals surface area contributed by atoms with E-state index in [0.29, 0.717) is 12.0 Å². The number of hydrogen-bond acceptors (Lipinski definition) is 7. The van der Waals surface area contributed by atoms with Gasteiger partial charge in [-0.1, -0.05) is 6.07 Å². The second-order valence-electron chi connectivity index (χ2n) is 5.83. The first-order valence-electron chi connectivity index (χ1n) is 7.54. The fourth-order valence-electron chi connectivity index (χ4n) is 2.97. The summed E-state index contributed by atoms with van der Waals surface area (Å²) >= 11 is 1.82. The predicted octanol–water partition coefficient (Wildman–Crippen LogP) is 2.48. The van der Waals surface area contributed by atoms with Gasteiger partial charge in [0.2, 0.25) is 11.9 Å². The summed E-state index contributed by atoms with van der Waals surface area (Å²) in [5, 5.41) is 2.14. The lowest BCUT2D eigenvalue weighted by molar-refractivity contribution is 0.189. The van der Waals surface area contributed by atoms with E-state index in [0.717, 1.165) is 12.4 Å². The molecule has 3 heterocycles. The topological polar surface area (TPSA) is 71.2 Å². The minimum absolute atomic E-state index is 0.124. The first-order valence-corrected chi connectivity index (χ1v) is 8.42. The van der Waals surface area contributed by atoms with Crippen molar-refractivity contribution in [3.8, 4) is 0 Å². The Kier molecular flexibility index (Phi) is 4.26. The molecule has 0 saturated carbocycles. The minimum atomic E-state index is 0.124. The Labute approximate surface area is 135 Å². The SMILES string of the molecule is C[C@H](c1nc(N)nc(N(C)C)n1)N1CCC[C@@H]1c1cccs1. The smallest absolute Gasteiger partial charge is 0.229 e. The molecule has 2 N–H and O–H groups in total. The zero-order chi connectivity index (χ0) is 15.7. The van der Waals surface area contributed by atoms with Gasteiger partial charge in [0.25, 0.3) is 0 Å². The van der Waals surface area contributed by atoms with Crippen LogP contribution in [0.2, 0.25) is 0 Å². The van der Waals surface area contributed by atoms with E-state index >= 15 is 0 Å². The van der Waals surface area contributed by atoms with Gasteiger partial charge in [0.05, 0.1) is 6.04 Å². The van der Waals surface area contributed by atoms with Gasteiger partial charge in [-0.25, -0.2) is 0 Å². The molecule has 6 nitrogen and oxygen atoms in total. The van der Waals surface area contributed by atoms with E-state index in [1.165, 1.54) is 17.7 Å². The largest absolute Gasteiger partial charge is 0.368 e. The highest BCUT2D eigenvalue weighted by atomic mass is 32.1. The predicted molar refractivity (Wildman–Crippen MR) is 90.0 cm³/mol. The third kappa shape index (κ3) is 2.91. The van der Waals surface area contributed by atoms with Crippen molar-refractivity contribution in [1.82, 2.24) is 19.9 Å². The third-order valence-corrected chi connectivity index (χ3v) is 5.07. The van der Waals surface area contributed by atoms with Gasteiger partial charge in [0, 0.05) is 25.0 Å². The van der Waals surface area contributed by atoms with E-state index in [4.69, 9.17) is 5.73 Å². The van der Waals surface area contributed by atoms with E-state index in [1.807, 2.05) is 30.3 Å². The molecule has 0 radical (unpaired) electrons. The quantitative estimate of drug-likeness (QED) is 0.934. The van der Waals surface area contributed by atoms with Crippen LogP contribution in [0.3, 0.4) is 0 Å². The molecular formula is C15H22N6S. The van der Waals surface area contributed by atoms with Gasteiger partial charge in [-0.3, -0.25) is 4.90 Å². The average molecular weight is 318 g/mol. The molecule has 118 valence electrons. The van der Waals surface area contributed by atoms with Crippen molar-refractivity contribution < 1.29 is 0 Å². The zero-order valence-corrected chi connectivity index (χ0v) is 14.0. The Morgan fingerprint density at radius 3 is 2.86 bits per heavy atom. The van der Waals surface area contributed by atoms with Gasteiger partial charge in [0.1, 0.15) is 0 Å². The van der Waals surface area contributed by atoms with E-state index in [9.17, 15) is 0 Å². The van der Waals surface area contributed by atoms with E-state index in [-0.39, 0.29) is 12.0 Å². The number of hydrogen-bond donors (Lipinski definition) is 1. The van der Waals surface area contributed by atoms with Crippen LogP contribution < -0.4 is 10.6 Å². The molecule has 3 rings (SSSR count). The maximum atomic E-state index is 5.86. The lowest BCUT2D eigenvalue weighted by Gasteiger charge is -2.29. The number of thiophene rings is 1. The second-order valence-corrected chi connectivity index (χ2v) is 6.81. The van der Waals surface area contributed by atoms with Crippen LogP contribution in [0.4, 0.5) is 11.9 Å². The normalized spacial score (nSPS) is 20.2. The van der Waals surface area contributed by atoms with Gasteiger partial charge < -0.3 is 10.6 Å². The number of anilines is 2. The number of nitrogens with zero attached hydrogens (tertiary/aromatic N) is 5. The van der Waals surface area contributed by atoms with Crippen LogP contribution in [-0.4, -0.2) is 40.5 Å².